The van der Waals surface area contributed by atoms with Crippen LogP contribution in [0.3, 0.4) is 0 Å². The zero-order valence-electron chi connectivity index (χ0n) is 9.84. The predicted octanol–water partition coefficient (Wildman–Crippen LogP) is -0.323. The number of aliphatic hydroxyl groups is 1. The summed E-state index contributed by atoms with van der Waals surface area (Å²) in [5, 5.41) is 9.17. The van der Waals surface area contributed by atoms with Crippen LogP contribution >= 0.6 is 11.6 Å². The normalized spacial score (nSPS) is 23.3. The molecule has 0 aromatic carbocycles. The van der Waals surface area contributed by atoms with E-state index in [2.05, 4.69) is 15.0 Å². The van der Waals surface area contributed by atoms with Crippen molar-refractivity contribution in [3.8, 4) is 0 Å². The molecule has 3 rings (SSSR count). The largest absolute Gasteiger partial charge is 0.394 e. The van der Waals surface area contributed by atoms with Crippen molar-refractivity contribution in [1.82, 2.24) is 19.5 Å². The molecule has 19 heavy (non-hydrogen) atoms. The summed E-state index contributed by atoms with van der Waals surface area (Å²) in [5.41, 5.74) is 5.92. The van der Waals surface area contributed by atoms with Crippen LogP contribution in [0.5, 0.6) is 0 Å². The van der Waals surface area contributed by atoms with Crippen molar-refractivity contribution in [3.05, 3.63) is 15.6 Å². The van der Waals surface area contributed by atoms with Crippen LogP contribution in [-0.4, -0.2) is 43.9 Å². The summed E-state index contributed by atoms with van der Waals surface area (Å²) < 4.78 is 6.82. The van der Waals surface area contributed by atoms with Crippen LogP contribution in [0.25, 0.3) is 11.2 Å². The number of nitrogen functional groups attached to an aromatic ring is 1. The Morgan fingerprint density at radius 3 is 3.05 bits per heavy atom. The number of H-pyrrole nitrogens is 1. The number of hydrogen-bond acceptors (Lipinski definition) is 6. The van der Waals surface area contributed by atoms with E-state index < -0.39 is 0 Å². The molecule has 1 aliphatic rings. The minimum Gasteiger partial charge on any atom is -0.394 e. The van der Waals surface area contributed by atoms with Gasteiger partial charge in [-0.05, 0) is 6.42 Å². The number of hydrogen-bond donors (Lipinski definition) is 3. The monoisotopic (exact) mass is 285 g/mol. The highest BCUT2D eigenvalue weighted by Crippen LogP contribution is 2.27. The first-order chi connectivity index (χ1) is 9.10. The van der Waals surface area contributed by atoms with Crippen molar-refractivity contribution < 1.29 is 9.84 Å². The third-order valence-corrected chi connectivity index (χ3v) is 3.44. The number of halogens is 1. The van der Waals surface area contributed by atoms with Crippen molar-refractivity contribution in [2.45, 2.75) is 18.6 Å². The molecule has 0 bridgehead atoms. The molecule has 102 valence electrons. The second-order valence-corrected chi connectivity index (χ2v) is 4.76. The molecule has 3 heterocycles. The van der Waals surface area contributed by atoms with Crippen LogP contribution in [0.15, 0.2) is 4.79 Å². The summed E-state index contributed by atoms with van der Waals surface area (Å²) >= 11 is 5.92. The molecule has 2 aromatic heterocycles. The number of nitrogens with one attached hydrogen (secondary N) is 1. The average Bonchev–Trinajstić information content (AvgIpc) is 2.93. The van der Waals surface area contributed by atoms with Gasteiger partial charge in [-0.25, -0.2) is 4.79 Å². The zero-order valence-corrected chi connectivity index (χ0v) is 10.6. The lowest BCUT2D eigenvalue weighted by molar-refractivity contribution is 0.0575. The van der Waals surface area contributed by atoms with Gasteiger partial charge in [-0.3, -0.25) is 4.57 Å². The number of aliphatic hydroxyl groups excluding tert-OH is 1. The number of fused-ring (bicyclic) bond motifs is 1. The van der Waals surface area contributed by atoms with Crippen LogP contribution in [0.1, 0.15) is 12.5 Å². The van der Waals surface area contributed by atoms with Gasteiger partial charge in [0.25, 0.3) is 0 Å². The number of anilines is 1. The molecular formula is C10H12ClN5O3. The van der Waals surface area contributed by atoms with E-state index in [0.29, 0.717) is 24.2 Å². The fourth-order valence-electron chi connectivity index (χ4n) is 2.32. The van der Waals surface area contributed by atoms with Crippen molar-refractivity contribution in [2.75, 3.05) is 18.9 Å². The number of ether oxygens (including phenoxy) is 1. The second kappa shape index (κ2) is 4.48. The van der Waals surface area contributed by atoms with E-state index in [4.69, 9.17) is 27.2 Å². The van der Waals surface area contributed by atoms with E-state index in [-0.39, 0.29) is 35.5 Å². The quantitative estimate of drug-likeness (QED) is 0.651. The molecule has 1 saturated heterocycles. The standard InChI is InChI=1S/C10H12ClN5O3/c11-7-6-8(15-9(12)14-7)16(10(18)13-6)4-1-5(2-17)19-3-4/h4-5,17H,1-3H2,(H,13,18)(H2,12,14,15)/t4-,5-/m1/s1. The molecule has 0 amide bonds. The molecule has 8 nitrogen and oxygen atoms in total. The Hall–Kier alpha value is -1.64. The molecule has 0 spiro atoms. The Morgan fingerprint density at radius 2 is 2.37 bits per heavy atom. The zero-order chi connectivity index (χ0) is 13.6. The van der Waals surface area contributed by atoms with E-state index >= 15 is 0 Å². The Labute approximate surface area is 112 Å². The highest BCUT2D eigenvalue weighted by Gasteiger charge is 2.29. The number of aromatic amines is 1. The topological polar surface area (TPSA) is 119 Å². The molecular weight excluding hydrogens is 274 g/mol. The van der Waals surface area contributed by atoms with Crippen LogP contribution in [0, 0.1) is 0 Å². The van der Waals surface area contributed by atoms with E-state index in [1.54, 1.807) is 0 Å². The van der Waals surface area contributed by atoms with E-state index in [9.17, 15) is 4.79 Å². The molecule has 0 radical (unpaired) electrons. The number of nitrogens with two attached hydrogens (primary N) is 1. The highest BCUT2D eigenvalue weighted by atomic mass is 35.5. The molecule has 2 aromatic rings. The van der Waals surface area contributed by atoms with Gasteiger partial charge in [0.2, 0.25) is 5.95 Å². The highest BCUT2D eigenvalue weighted by molar-refractivity contribution is 6.33. The minimum absolute atomic E-state index is 0.00266. The fourth-order valence-corrected chi connectivity index (χ4v) is 2.53. The smallest absolute Gasteiger partial charge is 0.328 e. The summed E-state index contributed by atoms with van der Waals surface area (Å²) in [6, 6.07) is -0.205. The Bertz CT molecular complexity index is 682. The van der Waals surface area contributed by atoms with Gasteiger partial charge in [-0.15, -0.1) is 0 Å². The summed E-state index contributed by atoms with van der Waals surface area (Å²) in [6.45, 7) is 0.255. The third kappa shape index (κ3) is 1.97. The number of aromatic nitrogens is 4. The fraction of sp³-hybridized carbons (Fsp3) is 0.500. The molecule has 0 unspecified atom stereocenters. The van der Waals surface area contributed by atoms with E-state index in [1.807, 2.05) is 0 Å². The SMILES string of the molecule is Nc1nc(Cl)c2[nH]c(=O)n([C@H]3CO[C@@H](CO)C3)c2n1. The summed E-state index contributed by atoms with van der Waals surface area (Å²) in [4.78, 5) is 22.5. The average molecular weight is 286 g/mol. The van der Waals surface area contributed by atoms with Gasteiger partial charge in [0, 0.05) is 0 Å². The van der Waals surface area contributed by atoms with Gasteiger partial charge in [0.05, 0.1) is 25.4 Å². The maximum absolute atomic E-state index is 12.0. The molecule has 4 N–H and O–H groups in total. The number of imidazole rings is 1. The molecule has 0 aliphatic carbocycles. The van der Waals surface area contributed by atoms with Gasteiger partial charge in [0.1, 0.15) is 5.52 Å². The molecule has 2 atom stereocenters. The maximum atomic E-state index is 12.0. The van der Waals surface area contributed by atoms with E-state index in [1.165, 1.54) is 4.57 Å². The Morgan fingerprint density at radius 1 is 1.58 bits per heavy atom. The number of rotatable bonds is 2. The van der Waals surface area contributed by atoms with Crippen molar-refractivity contribution in [3.63, 3.8) is 0 Å². The minimum atomic E-state index is -0.344. The first-order valence-electron chi connectivity index (χ1n) is 5.76. The van der Waals surface area contributed by atoms with Gasteiger partial charge < -0.3 is 20.6 Å². The summed E-state index contributed by atoms with van der Waals surface area (Å²) in [7, 11) is 0. The maximum Gasteiger partial charge on any atom is 0.328 e. The lowest BCUT2D eigenvalue weighted by atomic mass is 10.2. The third-order valence-electron chi connectivity index (χ3n) is 3.17. The van der Waals surface area contributed by atoms with Crippen LogP contribution < -0.4 is 11.4 Å². The van der Waals surface area contributed by atoms with Gasteiger partial charge in [-0.1, -0.05) is 11.6 Å². The van der Waals surface area contributed by atoms with Crippen molar-refractivity contribution >= 4 is 28.7 Å². The predicted molar refractivity (Wildman–Crippen MR) is 68.1 cm³/mol. The number of nitrogens with zero attached hydrogens (tertiary/aromatic N) is 3. The van der Waals surface area contributed by atoms with Crippen LogP contribution in [0.4, 0.5) is 5.95 Å². The second-order valence-electron chi connectivity index (χ2n) is 4.40. The van der Waals surface area contributed by atoms with Crippen molar-refractivity contribution in [2.24, 2.45) is 0 Å². The van der Waals surface area contributed by atoms with Crippen LogP contribution in [0.2, 0.25) is 5.15 Å². The molecule has 1 fully saturated rings. The molecule has 0 saturated carbocycles. The Balaban J connectivity index is 2.13. The first kappa shape index (κ1) is 12.4. The summed E-state index contributed by atoms with van der Waals surface area (Å²) in [5.74, 6) is 0.00266. The summed E-state index contributed by atoms with van der Waals surface area (Å²) in [6.07, 6.45) is 0.266. The van der Waals surface area contributed by atoms with Crippen molar-refractivity contribution in [1.29, 1.82) is 0 Å². The Kier molecular flexibility index (Phi) is 2.92. The lowest BCUT2D eigenvalue weighted by Crippen LogP contribution is -2.23. The van der Waals surface area contributed by atoms with Gasteiger partial charge >= 0.3 is 5.69 Å². The molecule has 9 heteroatoms. The van der Waals surface area contributed by atoms with Crippen LogP contribution in [-0.2, 0) is 4.74 Å². The van der Waals surface area contributed by atoms with Gasteiger partial charge in [-0.2, -0.15) is 9.97 Å². The van der Waals surface area contributed by atoms with Gasteiger partial charge in [0.15, 0.2) is 10.8 Å². The van der Waals surface area contributed by atoms with E-state index in [0.717, 1.165) is 0 Å². The lowest BCUT2D eigenvalue weighted by Gasteiger charge is -2.09. The molecule has 1 aliphatic heterocycles. The first-order valence-corrected chi connectivity index (χ1v) is 6.13.